The van der Waals surface area contributed by atoms with E-state index in [4.69, 9.17) is 9.72 Å². The first-order valence-corrected chi connectivity index (χ1v) is 12.9. The van der Waals surface area contributed by atoms with Crippen molar-refractivity contribution >= 4 is 38.2 Å². The van der Waals surface area contributed by atoms with Gasteiger partial charge in [0.2, 0.25) is 16.0 Å². The molecule has 0 bridgehead atoms. The summed E-state index contributed by atoms with van der Waals surface area (Å²) in [6.45, 7) is 3.67. The van der Waals surface area contributed by atoms with E-state index in [1.54, 1.807) is 31.4 Å². The Labute approximate surface area is 205 Å². The number of anilines is 3. The highest BCUT2D eigenvalue weighted by Crippen LogP contribution is 2.25. The summed E-state index contributed by atoms with van der Waals surface area (Å²) in [6.07, 6.45) is 0. The third-order valence-electron chi connectivity index (χ3n) is 6.08. The van der Waals surface area contributed by atoms with Gasteiger partial charge in [-0.3, -0.25) is 0 Å². The minimum absolute atomic E-state index is 0.264. The second-order valence-corrected chi connectivity index (χ2v) is 10.4. The maximum Gasteiger partial charge on any atom is 0.243 e. The number of benzene rings is 3. The van der Waals surface area contributed by atoms with E-state index in [0.29, 0.717) is 43.7 Å². The van der Waals surface area contributed by atoms with Crippen LogP contribution in [-0.2, 0) is 10.0 Å². The number of sulfonamides is 1. The molecule has 0 saturated carbocycles. The molecule has 1 N–H and O–H groups in total. The molecule has 1 aromatic heterocycles. The topological polar surface area (TPSA) is 87.7 Å². The third kappa shape index (κ3) is 4.91. The molecular weight excluding hydrogens is 462 g/mol. The maximum absolute atomic E-state index is 13.1. The SMILES string of the molecule is COc1ccc(S(=O)(=O)N2CCN(c3nc(C)cc(Nc4ccc5ccccc5c4)n3)CC2)cc1. The summed E-state index contributed by atoms with van der Waals surface area (Å²) >= 11 is 0. The zero-order valence-electron chi connectivity index (χ0n) is 19.7. The molecule has 3 aromatic carbocycles. The van der Waals surface area contributed by atoms with Crippen molar-refractivity contribution in [2.75, 3.05) is 43.5 Å². The molecule has 1 aliphatic rings. The number of fused-ring (bicyclic) bond motifs is 1. The third-order valence-corrected chi connectivity index (χ3v) is 8.00. The summed E-state index contributed by atoms with van der Waals surface area (Å²) in [5.41, 5.74) is 1.79. The van der Waals surface area contributed by atoms with Crippen molar-refractivity contribution < 1.29 is 13.2 Å². The minimum atomic E-state index is -3.57. The van der Waals surface area contributed by atoms with Crippen molar-refractivity contribution in [3.8, 4) is 5.75 Å². The second-order valence-electron chi connectivity index (χ2n) is 8.45. The molecule has 35 heavy (non-hydrogen) atoms. The largest absolute Gasteiger partial charge is 0.497 e. The van der Waals surface area contributed by atoms with Crippen molar-refractivity contribution in [1.29, 1.82) is 0 Å². The van der Waals surface area contributed by atoms with Crippen molar-refractivity contribution in [2.45, 2.75) is 11.8 Å². The fraction of sp³-hybridized carbons (Fsp3) is 0.231. The van der Waals surface area contributed by atoms with E-state index in [0.717, 1.165) is 16.8 Å². The number of hydrogen-bond acceptors (Lipinski definition) is 7. The first kappa shape index (κ1) is 23.1. The summed E-state index contributed by atoms with van der Waals surface area (Å²) in [6, 6.07) is 22.8. The molecular formula is C26H27N5O3S. The van der Waals surface area contributed by atoms with Crippen molar-refractivity contribution in [1.82, 2.24) is 14.3 Å². The van der Waals surface area contributed by atoms with Crippen molar-refractivity contribution in [2.24, 2.45) is 0 Å². The number of rotatable bonds is 6. The van der Waals surface area contributed by atoms with E-state index in [1.807, 2.05) is 36.1 Å². The van der Waals surface area contributed by atoms with Gasteiger partial charge in [-0.05, 0) is 54.1 Å². The average Bonchev–Trinajstić information content (AvgIpc) is 2.88. The van der Waals surface area contributed by atoms with Gasteiger partial charge in [-0.15, -0.1) is 0 Å². The van der Waals surface area contributed by atoms with E-state index in [-0.39, 0.29) is 4.90 Å². The van der Waals surface area contributed by atoms with Gasteiger partial charge in [0.15, 0.2) is 0 Å². The standard InChI is InChI=1S/C26H27N5O3S/c1-19-17-25(28-22-8-7-20-5-3-4-6-21(20)18-22)29-26(27-19)30-13-15-31(16-14-30)35(32,33)24-11-9-23(34-2)10-12-24/h3-12,17-18H,13-16H2,1-2H3,(H,27,28,29). The van der Waals surface area contributed by atoms with E-state index in [2.05, 4.69) is 34.6 Å². The number of nitrogens with one attached hydrogen (secondary N) is 1. The van der Waals surface area contributed by atoms with Crippen LogP contribution >= 0.6 is 0 Å². The van der Waals surface area contributed by atoms with Gasteiger partial charge in [0, 0.05) is 43.6 Å². The predicted octanol–water partition coefficient (Wildman–Crippen LogP) is 4.20. The highest BCUT2D eigenvalue weighted by molar-refractivity contribution is 7.89. The first-order valence-electron chi connectivity index (χ1n) is 11.4. The molecule has 0 amide bonds. The Bertz CT molecular complexity index is 1450. The monoisotopic (exact) mass is 489 g/mol. The molecule has 0 atom stereocenters. The quantitative estimate of drug-likeness (QED) is 0.434. The van der Waals surface area contributed by atoms with E-state index in [1.165, 1.54) is 9.69 Å². The molecule has 180 valence electrons. The van der Waals surface area contributed by atoms with Gasteiger partial charge in [0.25, 0.3) is 0 Å². The van der Waals surface area contributed by atoms with Crippen LogP contribution in [0.5, 0.6) is 5.75 Å². The van der Waals surface area contributed by atoms with Crippen LogP contribution in [0.3, 0.4) is 0 Å². The molecule has 1 fully saturated rings. The molecule has 0 spiro atoms. The summed E-state index contributed by atoms with van der Waals surface area (Å²) in [4.78, 5) is 11.6. The Kier molecular flexibility index (Phi) is 6.27. The van der Waals surface area contributed by atoms with Crippen LogP contribution < -0.4 is 15.0 Å². The molecule has 4 aromatic rings. The molecule has 8 nitrogen and oxygen atoms in total. The fourth-order valence-electron chi connectivity index (χ4n) is 4.20. The molecule has 1 saturated heterocycles. The fourth-order valence-corrected chi connectivity index (χ4v) is 5.62. The normalized spacial score (nSPS) is 14.7. The smallest absolute Gasteiger partial charge is 0.243 e. The average molecular weight is 490 g/mol. The lowest BCUT2D eigenvalue weighted by Gasteiger charge is -2.34. The number of aromatic nitrogens is 2. The van der Waals surface area contributed by atoms with Gasteiger partial charge < -0.3 is 15.0 Å². The Morgan fingerprint density at radius 2 is 1.57 bits per heavy atom. The van der Waals surface area contributed by atoms with Crippen LogP contribution in [0.15, 0.2) is 77.7 Å². The van der Waals surface area contributed by atoms with Gasteiger partial charge in [0.05, 0.1) is 12.0 Å². The van der Waals surface area contributed by atoms with Crippen LogP contribution in [0.1, 0.15) is 5.69 Å². The Balaban J connectivity index is 1.29. The minimum Gasteiger partial charge on any atom is -0.497 e. The molecule has 0 unspecified atom stereocenters. The van der Waals surface area contributed by atoms with Crippen LogP contribution in [0.2, 0.25) is 0 Å². The molecule has 2 heterocycles. The van der Waals surface area contributed by atoms with Gasteiger partial charge >= 0.3 is 0 Å². The number of piperazine rings is 1. The molecule has 0 aliphatic carbocycles. The van der Waals surface area contributed by atoms with E-state index >= 15 is 0 Å². The summed E-state index contributed by atoms with van der Waals surface area (Å²) in [5.74, 6) is 1.92. The Morgan fingerprint density at radius 1 is 0.857 bits per heavy atom. The lowest BCUT2D eigenvalue weighted by molar-refractivity contribution is 0.382. The highest BCUT2D eigenvalue weighted by Gasteiger charge is 2.29. The molecule has 0 radical (unpaired) electrons. The first-order chi connectivity index (χ1) is 16.9. The Morgan fingerprint density at radius 3 is 2.29 bits per heavy atom. The Hall–Kier alpha value is -3.69. The maximum atomic E-state index is 13.1. The number of methoxy groups -OCH3 is 1. The summed E-state index contributed by atoms with van der Waals surface area (Å²) in [7, 11) is -2.02. The van der Waals surface area contributed by atoms with Crippen LogP contribution in [0, 0.1) is 6.92 Å². The second kappa shape index (κ2) is 9.52. The summed E-state index contributed by atoms with van der Waals surface area (Å²) in [5, 5.41) is 5.72. The zero-order valence-corrected chi connectivity index (χ0v) is 20.5. The van der Waals surface area contributed by atoms with Crippen LogP contribution in [-0.4, -0.2) is 56.0 Å². The van der Waals surface area contributed by atoms with E-state index < -0.39 is 10.0 Å². The molecule has 9 heteroatoms. The lowest BCUT2D eigenvalue weighted by atomic mass is 10.1. The highest BCUT2D eigenvalue weighted by atomic mass is 32.2. The van der Waals surface area contributed by atoms with Gasteiger partial charge in [-0.2, -0.15) is 9.29 Å². The number of hydrogen-bond donors (Lipinski definition) is 1. The van der Waals surface area contributed by atoms with Crippen molar-refractivity contribution in [3.63, 3.8) is 0 Å². The van der Waals surface area contributed by atoms with E-state index in [9.17, 15) is 8.42 Å². The predicted molar refractivity (Wildman–Crippen MR) is 138 cm³/mol. The molecule has 1 aliphatic heterocycles. The van der Waals surface area contributed by atoms with Crippen LogP contribution in [0.25, 0.3) is 10.8 Å². The van der Waals surface area contributed by atoms with Gasteiger partial charge in [0.1, 0.15) is 11.6 Å². The zero-order chi connectivity index (χ0) is 24.4. The van der Waals surface area contributed by atoms with Crippen LogP contribution in [0.4, 0.5) is 17.5 Å². The summed E-state index contributed by atoms with van der Waals surface area (Å²) < 4.78 is 32.8. The number of aryl methyl sites for hydroxylation is 1. The number of ether oxygens (including phenoxy) is 1. The van der Waals surface area contributed by atoms with Crippen molar-refractivity contribution in [3.05, 3.63) is 78.5 Å². The number of nitrogens with zero attached hydrogens (tertiary/aromatic N) is 4. The lowest BCUT2D eigenvalue weighted by Crippen LogP contribution is -2.49. The van der Waals surface area contributed by atoms with Gasteiger partial charge in [-0.25, -0.2) is 13.4 Å². The van der Waals surface area contributed by atoms with Gasteiger partial charge in [-0.1, -0.05) is 30.3 Å². The molecule has 5 rings (SSSR count).